The summed E-state index contributed by atoms with van der Waals surface area (Å²) in [6.07, 6.45) is 1.20. The van der Waals surface area contributed by atoms with Gasteiger partial charge in [-0.25, -0.2) is 0 Å². The molecule has 2 aromatic carbocycles. The van der Waals surface area contributed by atoms with E-state index in [1.165, 1.54) is 12.1 Å². The van der Waals surface area contributed by atoms with Crippen molar-refractivity contribution >= 4 is 34.9 Å². The van der Waals surface area contributed by atoms with E-state index in [4.69, 9.17) is 23.2 Å². The number of piperidine rings is 1. The van der Waals surface area contributed by atoms with Crippen molar-refractivity contribution < 1.29 is 14.7 Å². The molecule has 0 atom stereocenters. The molecule has 0 spiro atoms. The summed E-state index contributed by atoms with van der Waals surface area (Å²) >= 11 is 12.1. The molecular weight excluding hydrogens is 361 g/mol. The number of hydrogen-bond donors (Lipinski definition) is 1. The molecule has 0 aliphatic carbocycles. The van der Waals surface area contributed by atoms with E-state index >= 15 is 0 Å². The van der Waals surface area contributed by atoms with Crippen LogP contribution in [-0.2, 0) is 0 Å². The van der Waals surface area contributed by atoms with Crippen molar-refractivity contribution in [1.29, 1.82) is 0 Å². The first kappa shape index (κ1) is 17.8. The average molecular weight is 378 g/mol. The number of phenols is 1. The van der Waals surface area contributed by atoms with Crippen LogP contribution in [0.3, 0.4) is 0 Å². The summed E-state index contributed by atoms with van der Waals surface area (Å²) < 4.78 is 0. The number of rotatable bonds is 3. The number of benzene rings is 2. The smallest absolute Gasteiger partial charge is 0.255 e. The van der Waals surface area contributed by atoms with Crippen molar-refractivity contribution in [1.82, 2.24) is 4.90 Å². The summed E-state index contributed by atoms with van der Waals surface area (Å²) in [4.78, 5) is 26.9. The molecule has 1 fully saturated rings. The predicted molar refractivity (Wildman–Crippen MR) is 97.5 cm³/mol. The number of carbonyl (C=O) groups is 2. The maximum Gasteiger partial charge on any atom is 0.255 e. The molecule has 0 aromatic heterocycles. The number of nitrogens with zero attached hydrogens (tertiary/aromatic N) is 1. The van der Waals surface area contributed by atoms with E-state index in [1.807, 2.05) is 0 Å². The number of carbonyl (C=O) groups excluding carboxylic acids is 2. The first-order valence-corrected chi connectivity index (χ1v) is 8.79. The number of Topliss-reactive ketones (excluding diaryl/α,β-unsaturated/α-hetero) is 1. The SMILES string of the molecule is O=C(c1ccc(O)cc1)C1CCN(C(=O)c2cccc(Cl)c2Cl)CC1. The molecular formula is C19H17Cl2NO3. The third-order valence-corrected chi connectivity index (χ3v) is 5.31. The Hall–Kier alpha value is -2.04. The summed E-state index contributed by atoms with van der Waals surface area (Å²) in [5.41, 5.74) is 0.970. The lowest BCUT2D eigenvalue weighted by atomic mass is 9.88. The van der Waals surface area contributed by atoms with Crippen LogP contribution in [0.15, 0.2) is 42.5 Å². The van der Waals surface area contributed by atoms with Crippen LogP contribution in [0.1, 0.15) is 33.6 Å². The Labute approximate surface area is 156 Å². The molecule has 1 aliphatic rings. The molecule has 1 N–H and O–H groups in total. The third-order valence-electron chi connectivity index (χ3n) is 4.49. The van der Waals surface area contributed by atoms with Gasteiger partial charge >= 0.3 is 0 Å². The average Bonchev–Trinajstić information content (AvgIpc) is 2.64. The normalized spacial score (nSPS) is 15.2. The van der Waals surface area contributed by atoms with Gasteiger partial charge in [0.1, 0.15) is 5.75 Å². The van der Waals surface area contributed by atoms with E-state index in [2.05, 4.69) is 0 Å². The van der Waals surface area contributed by atoms with Crippen LogP contribution in [0.2, 0.25) is 10.0 Å². The van der Waals surface area contributed by atoms with Crippen molar-refractivity contribution in [3.05, 3.63) is 63.6 Å². The van der Waals surface area contributed by atoms with E-state index in [1.54, 1.807) is 35.2 Å². The van der Waals surface area contributed by atoms with E-state index in [-0.39, 0.29) is 28.4 Å². The van der Waals surface area contributed by atoms with E-state index < -0.39 is 0 Å². The second kappa shape index (κ2) is 7.46. The minimum atomic E-state index is -0.164. The molecule has 0 saturated carbocycles. The molecule has 1 amide bonds. The fourth-order valence-corrected chi connectivity index (χ4v) is 3.43. The maximum atomic E-state index is 12.6. The van der Waals surface area contributed by atoms with Gasteiger partial charge in [0.25, 0.3) is 5.91 Å². The van der Waals surface area contributed by atoms with Crippen LogP contribution in [0.25, 0.3) is 0 Å². The molecule has 0 unspecified atom stereocenters. The fourth-order valence-electron chi connectivity index (χ4n) is 3.05. The first-order chi connectivity index (χ1) is 12.0. The van der Waals surface area contributed by atoms with Gasteiger partial charge in [-0.1, -0.05) is 29.3 Å². The summed E-state index contributed by atoms with van der Waals surface area (Å²) in [6.45, 7) is 0.992. The Morgan fingerprint density at radius 3 is 2.28 bits per heavy atom. The minimum absolute atomic E-state index is 0.0490. The molecule has 3 rings (SSSR count). The van der Waals surface area contributed by atoms with Crippen molar-refractivity contribution in [2.24, 2.45) is 5.92 Å². The number of phenolic OH excluding ortho intramolecular Hbond substituents is 1. The first-order valence-electron chi connectivity index (χ1n) is 8.04. The van der Waals surface area contributed by atoms with Crippen LogP contribution >= 0.6 is 23.2 Å². The highest BCUT2D eigenvalue weighted by Crippen LogP contribution is 2.29. The highest BCUT2D eigenvalue weighted by atomic mass is 35.5. The zero-order valence-corrected chi connectivity index (χ0v) is 14.9. The van der Waals surface area contributed by atoms with Gasteiger partial charge in [0.15, 0.2) is 5.78 Å². The van der Waals surface area contributed by atoms with E-state index in [0.717, 1.165) is 0 Å². The van der Waals surface area contributed by atoms with Gasteiger partial charge in [0.05, 0.1) is 15.6 Å². The largest absolute Gasteiger partial charge is 0.508 e. The second-order valence-corrected chi connectivity index (χ2v) is 6.86. The van der Waals surface area contributed by atoms with Crippen molar-refractivity contribution in [3.8, 4) is 5.75 Å². The Kier molecular flexibility index (Phi) is 5.30. The topological polar surface area (TPSA) is 57.6 Å². The van der Waals surface area contributed by atoms with Crippen LogP contribution in [-0.4, -0.2) is 34.8 Å². The highest BCUT2D eigenvalue weighted by molar-refractivity contribution is 6.43. The highest BCUT2D eigenvalue weighted by Gasteiger charge is 2.29. The minimum Gasteiger partial charge on any atom is -0.508 e. The molecule has 1 heterocycles. The van der Waals surface area contributed by atoms with Crippen LogP contribution < -0.4 is 0 Å². The summed E-state index contributed by atoms with van der Waals surface area (Å²) in [7, 11) is 0. The molecule has 6 heteroatoms. The molecule has 1 aliphatic heterocycles. The van der Waals surface area contributed by atoms with Crippen LogP contribution in [0.4, 0.5) is 0 Å². The maximum absolute atomic E-state index is 12.6. The summed E-state index contributed by atoms with van der Waals surface area (Å²) in [5, 5.41) is 9.93. The Morgan fingerprint density at radius 2 is 1.64 bits per heavy atom. The van der Waals surface area contributed by atoms with Gasteiger partial charge in [-0.3, -0.25) is 9.59 Å². The summed E-state index contributed by atoms with van der Waals surface area (Å²) in [5.74, 6) is -0.102. The van der Waals surface area contributed by atoms with Crippen LogP contribution in [0.5, 0.6) is 5.75 Å². The Morgan fingerprint density at radius 1 is 1.00 bits per heavy atom. The predicted octanol–water partition coefficient (Wildman–Crippen LogP) is 4.43. The van der Waals surface area contributed by atoms with Gasteiger partial charge in [0.2, 0.25) is 0 Å². The lowest BCUT2D eigenvalue weighted by Gasteiger charge is -2.31. The second-order valence-electron chi connectivity index (χ2n) is 6.08. The van der Waals surface area contributed by atoms with Crippen molar-refractivity contribution in [2.75, 3.05) is 13.1 Å². The number of ketones is 1. The van der Waals surface area contributed by atoms with Crippen LogP contribution in [0, 0.1) is 5.92 Å². The lowest BCUT2D eigenvalue weighted by Crippen LogP contribution is -2.40. The van der Waals surface area contributed by atoms with Gasteiger partial charge < -0.3 is 10.0 Å². The lowest BCUT2D eigenvalue weighted by molar-refractivity contribution is 0.0650. The van der Waals surface area contributed by atoms with Gasteiger partial charge in [-0.2, -0.15) is 0 Å². The standard InChI is InChI=1S/C19H17Cl2NO3/c20-16-3-1-2-15(17(16)21)19(25)22-10-8-13(9-11-22)18(24)12-4-6-14(23)7-5-12/h1-7,13,23H,8-11H2. The number of halogens is 2. The van der Waals surface area contributed by atoms with Crippen molar-refractivity contribution in [3.63, 3.8) is 0 Å². The van der Waals surface area contributed by atoms with E-state index in [0.29, 0.717) is 42.1 Å². The third kappa shape index (κ3) is 3.80. The Bertz CT molecular complexity index is 797. The zero-order chi connectivity index (χ0) is 18.0. The molecule has 4 nitrogen and oxygen atoms in total. The Balaban J connectivity index is 1.65. The molecule has 1 saturated heterocycles. The molecule has 0 bridgehead atoms. The number of aromatic hydroxyl groups is 1. The van der Waals surface area contributed by atoms with Gasteiger partial charge in [-0.05, 0) is 49.2 Å². The number of hydrogen-bond acceptors (Lipinski definition) is 3. The molecule has 2 aromatic rings. The monoisotopic (exact) mass is 377 g/mol. The molecule has 130 valence electrons. The summed E-state index contributed by atoms with van der Waals surface area (Å²) in [6, 6.07) is 11.3. The molecule has 0 radical (unpaired) electrons. The van der Waals surface area contributed by atoms with Gasteiger partial charge in [-0.15, -0.1) is 0 Å². The fraction of sp³-hybridized carbons (Fsp3) is 0.263. The van der Waals surface area contributed by atoms with E-state index in [9.17, 15) is 14.7 Å². The molecule has 25 heavy (non-hydrogen) atoms. The number of likely N-dealkylation sites (tertiary alicyclic amines) is 1. The van der Waals surface area contributed by atoms with Crippen molar-refractivity contribution in [2.45, 2.75) is 12.8 Å². The number of amides is 1. The zero-order valence-electron chi connectivity index (χ0n) is 13.4. The van der Waals surface area contributed by atoms with Gasteiger partial charge in [0, 0.05) is 24.6 Å². The quantitative estimate of drug-likeness (QED) is 0.804.